The van der Waals surface area contributed by atoms with Gasteiger partial charge in [-0.25, -0.2) is 0 Å². The van der Waals surface area contributed by atoms with E-state index in [0.717, 1.165) is 16.7 Å². The highest BCUT2D eigenvalue weighted by molar-refractivity contribution is 6.10. The topological polar surface area (TPSA) is 71.3 Å². The molecule has 1 N–H and O–H groups in total. The zero-order chi connectivity index (χ0) is 23.1. The first-order chi connectivity index (χ1) is 15.4. The van der Waals surface area contributed by atoms with Crippen molar-refractivity contribution in [1.29, 1.82) is 5.26 Å². The molecule has 3 aromatic carbocycles. The fraction of sp³-hybridized carbons (Fsp3) is 0.185. The van der Waals surface area contributed by atoms with Crippen LogP contribution in [0.4, 0.5) is 5.69 Å². The average Bonchev–Trinajstić information content (AvgIpc) is 2.79. The highest BCUT2D eigenvalue weighted by atomic mass is 16.5. The van der Waals surface area contributed by atoms with E-state index >= 15 is 0 Å². The fourth-order valence-electron chi connectivity index (χ4n) is 3.11. The number of nitriles is 1. The van der Waals surface area contributed by atoms with Crippen molar-refractivity contribution in [3.63, 3.8) is 0 Å². The van der Waals surface area contributed by atoms with Crippen molar-refractivity contribution in [2.75, 3.05) is 12.4 Å². The summed E-state index contributed by atoms with van der Waals surface area (Å²) < 4.78 is 11.4. The molecule has 32 heavy (non-hydrogen) atoms. The summed E-state index contributed by atoms with van der Waals surface area (Å²) in [5, 5.41) is 12.4. The molecule has 1 amide bonds. The van der Waals surface area contributed by atoms with Gasteiger partial charge in [-0.2, -0.15) is 5.26 Å². The van der Waals surface area contributed by atoms with Gasteiger partial charge in [0.2, 0.25) is 0 Å². The van der Waals surface area contributed by atoms with E-state index in [-0.39, 0.29) is 5.57 Å². The van der Waals surface area contributed by atoms with Gasteiger partial charge in [-0.3, -0.25) is 4.79 Å². The van der Waals surface area contributed by atoms with E-state index in [4.69, 9.17) is 9.47 Å². The highest BCUT2D eigenvalue weighted by Gasteiger charge is 2.12. The lowest BCUT2D eigenvalue weighted by Gasteiger charge is -2.12. The molecule has 0 aliphatic rings. The number of rotatable bonds is 7. The van der Waals surface area contributed by atoms with Crippen LogP contribution in [0.2, 0.25) is 0 Å². The molecule has 3 aromatic rings. The van der Waals surface area contributed by atoms with E-state index in [0.29, 0.717) is 29.4 Å². The third-order valence-electron chi connectivity index (χ3n) is 5.02. The predicted molar refractivity (Wildman–Crippen MR) is 127 cm³/mol. The number of carbonyl (C=O) groups is 1. The standard InChI is InChI=1S/C27H26N2O3/c1-18-6-9-21(10-7-18)17-32-25-12-11-22(15-26(25)31-4)14-23(16-28)27(30)29-24-13-19(2)5-8-20(24)3/h5-15H,17H2,1-4H3,(H,29,30)/b23-14-. The van der Waals surface area contributed by atoms with Crippen LogP contribution in [-0.4, -0.2) is 13.0 Å². The number of hydrogen-bond acceptors (Lipinski definition) is 4. The quantitative estimate of drug-likeness (QED) is 0.386. The minimum atomic E-state index is -0.458. The summed E-state index contributed by atoms with van der Waals surface area (Å²) in [5.74, 6) is 0.654. The number of nitrogens with zero attached hydrogens (tertiary/aromatic N) is 1. The van der Waals surface area contributed by atoms with E-state index in [1.165, 1.54) is 11.6 Å². The Balaban J connectivity index is 1.76. The third-order valence-corrected chi connectivity index (χ3v) is 5.02. The number of amides is 1. The van der Waals surface area contributed by atoms with Gasteiger partial charge in [-0.15, -0.1) is 0 Å². The maximum atomic E-state index is 12.7. The molecule has 0 heterocycles. The van der Waals surface area contributed by atoms with Crippen molar-refractivity contribution in [1.82, 2.24) is 0 Å². The van der Waals surface area contributed by atoms with Crippen molar-refractivity contribution in [3.8, 4) is 17.6 Å². The monoisotopic (exact) mass is 426 g/mol. The molecule has 0 saturated heterocycles. The first-order valence-electron chi connectivity index (χ1n) is 10.3. The van der Waals surface area contributed by atoms with Gasteiger partial charge >= 0.3 is 0 Å². The molecule has 0 atom stereocenters. The largest absolute Gasteiger partial charge is 0.493 e. The van der Waals surface area contributed by atoms with Gasteiger partial charge in [0.05, 0.1) is 7.11 Å². The molecular weight excluding hydrogens is 400 g/mol. The van der Waals surface area contributed by atoms with Crippen molar-refractivity contribution in [2.24, 2.45) is 0 Å². The van der Waals surface area contributed by atoms with Gasteiger partial charge in [0, 0.05) is 5.69 Å². The van der Waals surface area contributed by atoms with Crippen LogP contribution in [0.3, 0.4) is 0 Å². The van der Waals surface area contributed by atoms with Crippen molar-refractivity contribution < 1.29 is 14.3 Å². The van der Waals surface area contributed by atoms with Gasteiger partial charge in [-0.05, 0) is 67.3 Å². The predicted octanol–water partition coefficient (Wildman–Crippen LogP) is 5.75. The van der Waals surface area contributed by atoms with Crippen LogP contribution in [0, 0.1) is 32.1 Å². The average molecular weight is 427 g/mol. The minimum Gasteiger partial charge on any atom is -0.493 e. The Morgan fingerprint density at radius 1 is 0.969 bits per heavy atom. The van der Waals surface area contributed by atoms with Crippen molar-refractivity contribution in [2.45, 2.75) is 27.4 Å². The van der Waals surface area contributed by atoms with E-state index < -0.39 is 5.91 Å². The molecule has 0 aliphatic carbocycles. The minimum absolute atomic E-state index is 0.00119. The van der Waals surface area contributed by atoms with Crippen LogP contribution < -0.4 is 14.8 Å². The van der Waals surface area contributed by atoms with E-state index in [2.05, 4.69) is 5.32 Å². The number of methoxy groups -OCH3 is 1. The van der Waals surface area contributed by atoms with Gasteiger partial charge in [0.25, 0.3) is 5.91 Å². The molecule has 0 aromatic heterocycles. The van der Waals surface area contributed by atoms with E-state index in [9.17, 15) is 10.1 Å². The van der Waals surface area contributed by atoms with E-state index in [1.807, 2.05) is 69.3 Å². The molecule has 5 heteroatoms. The maximum absolute atomic E-state index is 12.7. The van der Waals surface area contributed by atoms with Gasteiger partial charge in [-0.1, -0.05) is 48.0 Å². The second kappa shape index (κ2) is 10.3. The van der Waals surface area contributed by atoms with Crippen LogP contribution in [0.25, 0.3) is 6.08 Å². The highest BCUT2D eigenvalue weighted by Crippen LogP contribution is 2.30. The van der Waals surface area contributed by atoms with Crippen LogP contribution in [0.5, 0.6) is 11.5 Å². The molecule has 0 fully saturated rings. The van der Waals surface area contributed by atoms with Crippen LogP contribution in [0.15, 0.2) is 66.2 Å². The summed E-state index contributed by atoms with van der Waals surface area (Å²) in [5.41, 5.74) is 5.55. The molecule has 0 radical (unpaired) electrons. The molecule has 0 spiro atoms. The number of aryl methyl sites for hydroxylation is 3. The van der Waals surface area contributed by atoms with Crippen molar-refractivity contribution >= 4 is 17.7 Å². The summed E-state index contributed by atoms with van der Waals surface area (Å²) in [6.07, 6.45) is 1.53. The summed E-state index contributed by atoms with van der Waals surface area (Å²) in [6.45, 7) is 6.31. The normalized spacial score (nSPS) is 10.9. The number of nitrogens with one attached hydrogen (secondary N) is 1. The Hall–Kier alpha value is -4.04. The molecule has 0 saturated carbocycles. The SMILES string of the molecule is COc1cc(/C=C(/C#N)C(=O)Nc2cc(C)ccc2C)ccc1OCc1ccc(C)cc1. The van der Waals surface area contributed by atoms with Gasteiger partial charge in [0.15, 0.2) is 11.5 Å². The lowest BCUT2D eigenvalue weighted by atomic mass is 10.1. The first-order valence-corrected chi connectivity index (χ1v) is 10.3. The summed E-state index contributed by atoms with van der Waals surface area (Å²) >= 11 is 0. The van der Waals surface area contributed by atoms with E-state index in [1.54, 1.807) is 25.3 Å². The lowest BCUT2D eigenvalue weighted by molar-refractivity contribution is -0.112. The number of anilines is 1. The number of carbonyl (C=O) groups excluding carboxylic acids is 1. The molecule has 5 nitrogen and oxygen atoms in total. The number of hydrogen-bond donors (Lipinski definition) is 1. The Labute approximate surface area is 188 Å². The molecule has 162 valence electrons. The maximum Gasteiger partial charge on any atom is 0.266 e. The van der Waals surface area contributed by atoms with Gasteiger partial charge < -0.3 is 14.8 Å². The summed E-state index contributed by atoms with van der Waals surface area (Å²) in [4.78, 5) is 12.7. The molecule has 0 unspecified atom stereocenters. The fourth-order valence-corrected chi connectivity index (χ4v) is 3.11. The number of ether oxygens (including phenoxy) is 2. The second-order valence-electron chi connectivity index (χ2n) is 7.63. The molecular formula is C27H26N2O3. The van der Waals surface area contributed by atoms with Gasteiger partial charge in [0.1, 0.15) is 18.2 Å². The smallest absolute Gasteiger partial charge is 0.266 e. The van der Waals surface area contributed by atoms with Crippen LogP contribution in [-0.2, 0) is 11.4 Å². The number of benzene rings is 3. The molecule has 0 aliphatic heterocycles. The Morgan fingerprint density at radius 3 is 2.38 bits per heavy atom. The Kier molecular flexibility index (Phi) is 7.30. The zero-order valence-corrected chi connectivity index (χ0v) is 18.7. The molecule has 3 rings (SSSR count). The lowest BCUT2D eigenvalue weighted by Crippen LogP contribution is -2.14. The zero-order valence-electron chi connectivity index (χ0n) is 18.7. The summed E-state index contributed by atoms with van der Waals surface area (Å²) in [6, 6.07) is 21.2. The third kappa shape index (κ3) is 5.77. The van der Waals surface area contributed by atoms with Crippen molar-refractivity contribution in [3.05, 3.63) is 94.1 Å². The van der Waals surface area contributed by atoms with Crippen LogP contribution >= 0.6 is 0 Å². The molecule has 0 bridgehead atoms. The first kappa shape index (κ1) is 22.6. The second-order valence-corrected chi connectivity index (χ2v) is 7.63. The Morgan fingerprint density at radius 2 is 1.69 bits per heavy atom. The van der Waals surface area contributed by atoms with Crippen LogP contribution in [0.1, 0.15) is 27.8 Å². The summed E-state index contributed by atoms with van der Waals surface area (Å²) in [7, 11) is 1.56. The Bertz CT molecular complexity index is 1190.